The number of halogens is 1. The second-order valence-corrected chi connectivity index (χ2v) is 7.26. The molecule has 140 valence electrons. The van der Waals surface area contributed by atoms with E-state index in [1.54, 1.807) is 29.6 Å². The number of nitrogens with one attached hydrogen (secondary N) is 1. The second-order valence-electron chi connectivity index (χ2n) is 5.40. The normalized spacial score (nSPS) is 10.7. The molecule has 2 aromatic heterocycles. The summed E-state index contributed by atoms with van der Waals surface area (Å²) in [6, 6.07) is 7.87. The monoisotopic (exact) mass is 406 g/mol. The molecule has 0 fully saturated rings. The van der Waals surface area contributed by atoms with Crippen molar-refractivity contribution in [1.82, 2.24) is 14.9 Å². The lowest BCUT2D eigenvalue weighted by molar-refractivity contribution is -0.113. The number of anilines is 1. The first kappa shape index (κ1) is 18.9. The molecule has 11 heteroatoms. The average Bonchev–Trinajstić information content (AvgIpc) is 3.23. The Morgan fingerprint density at radius 3 is 2.78 bits per heavy atom. The number of hydrogen-bond acceptors (Lipinski definition) is 7. The summed E-state index contributed by atoms with van der Waals surface area (Å²) >= 11 is 2.28. The van der Waals surface area contributed by atoms with Crippen molar-refractivity contribution in [3.63, 3.8) is 0 Å². The highest BCUT2D eigenvalue weighted by Gasteiger charge is 2.16. The molecule has 3 rings (SSSR count). The van der Waals surface area contributed by atoms with Gasteiger partial charge in [0.05, 0.1) is 11.3 Å². The molecule has 1 aromatic carbocycles. The number of benzene rings is 1. The number of amides is 2. The number of carbonyl (C=O) groups is 2. The van der Waals surface area contributed by atoms with Gasteiger partial charge in [0.15, 0.2) is 5.82 Å². The fourth-order valence-electron chi connectivity index (χ4n) is 2.23. The Hall–Kier alpha value is -2.92. The summed E-state index contributed by atoms with van der Waals surface area (Å²) in [6.45, 7) is 0. The highest BCUT2D eigenvalue weighted by atomic mass is 32.2. The van der Waals surface area contributed by atoms with E-state index in [4.69, 9.17) is 11.6 Å². The molecule has 0 radical (unpaired) electrons. The maximum Gasteiger partial charge on any atom is 0.251 e. The topological polar surface area (TPSA) is 129 Å². The zero-order chi connectivity index (χ0) is 19.4. The standard InChI is InChI=1S/C16H15FN6O2S2/c17-11-4-2-1-3-9(11)7-12-21-22-16(23(12)19)27-8-13(24)20-15-10(14(18)25)5-6-26-15/h1-6H,7-8,19H2,(H2,18,25)(H,20,24). The van der Waals surface area contributed by atoms with E-state index < -0.39 is 5.91 Å². The van der Waals surface area contributed by atoms with E-state index in [0.29, 0.717) is 21.5 Å². The summed E-state index contributed by atoms with van der Waals surface area (Å²) in [4.78, 5) is 23.4. The van der Waals surface area contributed by atoms with Gasteiger partial charge in [-0.3, -0.25) is 9.59 Å². The van der Waals surface area contributed by atoms with Crippen molar-refractivity contribution in [2.24, 2.45) is 5.73 Å². The zero-order valence-corrected chi connectivity index (χ0v) is 15.5. The molecule has 3 aromatic rings. The molecule has 0 aliphatic rings. The van der Waals surface area contributed by atoms with Crippen LogP contribution >= 0.6 is 23.1 Å². The van der Waals surface area contributed by atoms with Crippen LogP contribution < -0.4 is 16.9 Å². The molecule has 8 nitrogen and oxygen atoms in total. The van der Waals surface area contributed by atoms with Crippen LogP contribution in [0.2, 0.25) is 0 Å². The highest BCUT2D eigenvalue weighted by molar-refractivity contribution is 7.99. The number of hydrogen-bond donors (Lipinski definition) is 3. The molecule has 0 unspecified atom stereocenters. The number of primary amides is 1. The van der Waals surface area contributed by atoms with Crippen LogP contribution in [0.15, 0.2) is 40.9 Å². The third-order valence-electron chi connectivity index (χ3n) is 3.56. The summed E-state index contributed by atoms with van der Waals surface area (Å²) in [5.41, 5.74) is 5.95. The van der Waals surface area contributed by atoms with Crippen molar-refractivity contribution in [3.8, 4) is 0 Å². The van der Waals surface area contributed by atoms with Gasteiger partial charge in [0.2, 0.25) is 11.1 Å². The molecule has 2 heterocycles. The lowest BCUT2D eigenvalue weighted by Crippen LogP contribution is -2.19. The summed E-state index contributed by atoms with van der Waals surface area (Å²) in [5, 5.41) is 12.9. The van der Waals surface area contributed by atoms with Gasteiger partial charge in [0.25, 0.3) is 5.91 Å². The van der Waals surface area contributed by atoms with Crippen molar-refractivity contribution in [2.75, 3.05) is 16.9 Å². The minimum absolute atomic E-state index is 0.00509. The van der Waals surface area contributed by atoms with Crippen LogP contribution in [-0.2, 0) is 11.2 Å². The lowest BCUT2D eigenvalue weighted by atomic mass is 10.1. The first-order valence-corrected chi connectivity index (χ1v) is 9.55. The van der Waals surface area contributed by atoms with Gasteiger partial charge in [0.1, 0.15) is 10.8 Å². The predicted octanol–water partition coefficient (Wildman–Crippen LogP) is 1.61. The van der Waals surface area contributed by atoms with Gasteiger partial charge in [-0.05, 0) is 23.1 Å². The summed E-state index contributed by atoms with van der Waals surface area (Å²) in [5.74, 6) is 5.01. The Kier molecular flexibility index (Phi) is 5.72. The first-order valence-electron chi connectivity index (χ1n) is 7.68. The Morgan fingerprint density at radius 2 is 2.04 bits per heavy atom. The Balaban J connectivity index is 1.61. The van der Waals surface area contributed by atoms with E-state index in [2.05, 4.69) is 15.5 Å². The number of carbonyl (C=O) groups excluding carboxylic acids is 2. The minimum atomic E-state index is -0.612. The van der Waals surface area contributed by atoms with Gasteiger partial charge in [-0.25, -0.2) is 9.07 Å². The van der Waals surface area contributed by atoms with Crippen LogP contribution in [-0.4, -0.2) is 32.4 Å². The molecule has 5 N–H and O–H groups in total. The van der Waals surface area contributed by atoms with Crippen molar-refractivity contribution in [3.05, 3.63) is 58.5 Å². The maximum atomic E-state index is 13.7. The van der Waals surface area contributed by atoms with Crippen LogP contribution in [0, 0.1) is 5.82 Å². The lowest BCUT2D eigenvalue weighted by Gasteiger charge is -2.06. The number of aromatic nitrogens is 3. The second kappa shape index (κ2) is 8.18. The number of thioether (sulfide) groups is 1. The molecule has 0 atom stereocenters. The van der Waals surface area contributed by atoms with Crippen LogP contribution in [0.5, 0.6) is 0 Å². The van der Waals surface area contributed by atoms with Gasteiger partial charge in [-0.1, -0.05) is 30.0 Å². The largest absolute Gasteiger partial charge is 0.366 e. The van der Waals surface area contributed by atoms with Crippen molar-refractivity contribution in [1.29, 1.82) is 0 Å². The van der Waals surface area contributed by atoms with Gasteiger partial charge in [-0.15, -0.1) is 21.5 Å². The van der Waals surface area contributed by atoms with E-state index in [9.17, 15) is 14.0 Å². The summed E-state index contributed by atoms with van der Waals surface area (Å²) in [7, 11) is 0. The molecule has 0 aliphatic heterocycles. The van der Waals surface area contributed by atoms with E-state index >= 15 is 0 Å². The van der Waals surface area contributed by atoms with Crippen LogP contribution in [0.3, 0.4) is 0 Å². The molecule has 0 aliphatic carbocycles. The zero-order valence-electron chi connectivity index (χ0n) is 13.9. The fourth-order valence-corrected chi connectivity index (χ4v) is 3.72. The van der Waals surface area contributed by atoms with Crippen molar-refractivity contribution in [2.45, 2.75) is 11.6 Å². The molecule has 0 saturated heterocycles. The smallest absolute Gasteiger partial charge is 0.251 e. The number of rotatable bonds is 7. The predicted molar refractivity (Wildman–Crippen MR) is 102 cm³/mol. The van der Waals surface area contributed by atoms with Crippen molar-refractivity contribution >= 4 is 39.9 Å². The SMILES string of the molecule is NC(=O)c1ccsc1NC(=O)CSc1nnc(Cc2ccccc2F)n1N. The first-order chi connectivity index (χ1) is 13.0. The quantitative estimate of drug-likeness (QED) is 0.404. The Bertz CT molecular complexity index is 987. The van der Waals surface area contributed by atoms with Gasteiger partial charge in [-0.2, -0.15) is 0 Å². The van der Waals surface area contributed by atoms with Crippen molar-refractivity contribution < 1.29 is 14.0 Å². The van der Waals surface area contributed by atoms with Crippen LogP contribution in [0.1, 0.15) is 21.7 Å². The fraction of sp³-hybridized carbons (Fsp3) is 0.125. The third-order valence-corrected chi connectivity index (χ3v) is 5.33. The average molecular weight is 406 g/mol. The number of nitrogens with zero attached hydrogens (tertiary/aromatic N) is 3. The minimum Gasteiger partial charge on any atom is -0.366 e. The molecule has 2 amide bonds. The molecule has 0 spiro atoms. The number of nitrogens with two attached hydrogens (primary N) is 2. The molecular weight excluding hydrogens is 391 g/mol. The number of thiophene rings is 1. The van der Waals surface area contributed by atoms with E-state index in [-0.39, 0.29) is 29.5 Å². The van der Waals surface area contributed by atoms with E-state index in [0.717, 1.165) is 11.8 Å². The molecule has 0 bridgehead atoms. The number of nitrogen functional groups attached to an aromatic ring is 1. The third kappa shape index (κ3) is 4.44. The van der Waals surface area contributed by atoms with Crippen LogP contribution in [0.4, 0.5) is 9.39 Å². The summed E-state index contributed by atoms with van der Waals surface area (Å²) < 4.78 is 15.0. The summed E-state index contributed by atoms with van der Waals surface area (Å²) in [6.07, 6.45) is 0.181. The Morgan fingerprint density at radius 1 is 1.26 bits per heavy atom. The molecular formula is C16H15FN6O2S2. The van der Waals surface area contributed by atoms with Crippen LogP contribution in [0.25, 0.3) is 0 Å². The van der Waals surface area contributed by atoms with Gasteiger partial charge < -0.3 is 16.9 Å². The molecule has 0 saturated carbocycles. The van der Waals surface area contributed by atoms with Gasteiger partial charge >= 0.3 is 0 Å². The van der Waals surface area contributed by atoms with Gasteiger partial charge in [0, 0.05) is 6.42 Å². The maximum absolute atomic E-state index is 13.7. The van der Waals surface area contributed by atoms with E-state index in [1.165, 1.54) is 22.1 Å². The highest BCUT2D eigenvalue weighted by Crippen LogP contribution is 2.23. The molecule has 27 heavy (non-hydrogen) atoms. The van der Waals surface area contributed by atoms with E-state index in [1.807, 2.05) is 0 Å². The Labute approximate surface area is 161 Å².